The van der Waals surface area contributed by atoms with Gasteiger partial charge in [0.15, 0.2) is 0 Å². The van der Waals surface area contributed by atoms with Gasteiger partial charge >= 0.3 is 5.97 Å². The molecule has 1 amide bonds. The van der Waals surface area contributed by atoms with Crippen molar-refractivity contribution in [3.8, 4) is 11.1 Å². The summed E-state index contributed by atoms with van der Waals surface area (Å²) in [6.07, 6.45) is 0.881. The maximum Gasteiger partial charge on any atom is 0.340 e. The summed E-state index contributed by atoms with van der Waals surface area (Å²) in [4.78, 5) is 41.2. The SMILES string of the molecule is CCOC(=O)c1c(C)[nH]c(C(=O)C(=O)Nc2ccc(CC)cc2)c1-c1ccccc1. The highest BCUT2D eigenvalue weighted by molar-refractivity contribution is 6.47. The first-order valence-electron chi connectivity index (χ1n) is 9.85. The van der Waals surface area contributed by atoms with Crippen LogP contribution in [0.5, 0.6) is 0 Å². The zero-order valence-electron chi connectivity index (χ0n) is 17.2. The molecular formula is C24H24N2O4. The van der Waals surface area contributed by atoms with E-state index in [0.717, 1.165) is 12.0 Å². The predicted octanol–water partition coefficient (Wildman–Crippen LogP) is 4.55. The van der Waals surface area contributed by atoms with Crippen LogP contribution in [-0.2, 0) is 16.0 Å². The van der Waals surface area contributed by atoms with Gasteiger partial charge in [-0.3, -0.25) is 9.59 Å². The van der Waals surface area contributed by atoms with Gasteiger partial charge in [0, 0.05) is 16.9 Å². The first-order chi connectivity index (χ1) is 14.5. The van der Waals surface area contributed by atoms with E-state index in [1.807, 2.05) is 25.1 Å². The van der Waals surface area contributed by atoms with Gasteiger partial charge in [-0.25, -0.2) is 4.79 Å². The smallest absolute Gasteiger partial charge is 0.340 e. The molecule has 0 saturated carbocycles. The Kier molecular flexibility index (Phi) is 6.47. The molecule has 0 spiro atoms. The summed E-state index contributed by atoms with van der Waals surface area (Å²) in [5.74, 6) is -2.08. The summed E-state index contributed by atoms with van der Waals surface area (Å²) >= 11 is 0. The van der Waals surface area contributed by atoms with Crippen LogP contribution < -0.4 is 5.32 Å². The number of rotatable bonds is 7. The lowest BCUT2D eigenvalue weighted by atomic mass is 9.98. The molecule has 3 rings (SSSR count). The minimum Gasteiger partial charge on any atom is -0.462 e. The molecule has 2 aromatic carbocycles. The molecule has 6 heteroatoms. The van der Waals surface area contributed by atoms with E-state index in [-0.39, 0.29) is 17.9 Å². The van der Waals surface area contributed by atoms with Gasteiger partial charge in [0.05, 0.1) is 12.2 Å². The second-order valence-electron chi connectivity index (χ2n) is 6.80. The first kappa shape index (κ1) is 21.0. The Morgan fingerprint density at radius 1 is 0.967 bits per heavy atom. The average molecular weight is 404 g/mol. The number of aromatic nitrogens is 1. The topological polar surface area (TPSA) is 88.3 Å². The van der Waals surface area contributed by atoms with Gasteiger partial charge < -0.3 is 15.0 Å². The van der Waals surface area contributed by atoms with E-state index in [9.17, 15) is 14.4 Å². The van der Waals surface area contributed by atoms with E-state index in [1.165, 1.54) is 0 Å². The van der Waals surface area contributed by atoms with Gasteiger partial charge in [0.2, 0.25) is 0 Å². The minimum atomic E-state index is -0.784. The van der Waals surface area contributed by atoms with Gasteiger partial charge in [-0.15, -0.1) is 0 Å². The molecule has 0 aliphatic heterocycles. The number of aromatic amines is 1. The number of nitrogens with one attached hydrogen (secondary N) is 2. The summed E-state index contributed by atoms with van der Waals surface area (Å²) in [7, 11) is 0. The van der Waals surface area contributed by atoms with Crippen molar-refractivity contribution in [3.63, 3.8) is 0 Å². The number of hydrogen-bond acceptors (Lipinski definition) is 4. The fourth-order valence-electron chi connectivity index (χ4n) is 3.27. The van der Waals surface area contributed by atoms with Gasteiger partial charge in [-0.1, -0.05) is 49.4 Å². The number of Topliss-reactive ketones (excluding diaryl/α,β-unsaturated/α-hetero) is 1. The van der Waals surface area contributed by atoms with Crippen LogP contribution in [0.1, 0.15) is 46.0 Å². The molecule has 0 aliphatic carbocycles. The third kappa shape index (κ3) is 4.33. The molecule has 6 nitrogen and oxygen atoms in total. The molecule has 0 aliphatic rings. The Morgan fingerprint density at radius 3 is 2.23 bits per heavy atom. The summed E-state index contributed by atoms with van der Waals surface area (Å²) in [5, 5.41) is 2.63. The minimum absolute atomic E-state index is 0.0597. The number of hydrogen-bond donors (Lipinski definition) is 2. The van der Waals surface area contributed by atoms with E-state index in [4.69, 9.17) is 4.74 Å². The maximum atomic E-state index is 13.0. The summed E-state index contributed by atoms with van der Waals surface area (Å²) in [6.45, 7) is 5.63. The Hall–Kier alpha value is -3.67. The van der Waals surface area contributed by atoms with Crippen LogP contribution >= 0.6 is 0 Å². The molecule has 0 atom stereocenters. The van der Waals surface area contributed by atoms with Crippen molar-refractivity contribution in [2.75, 3.05) is 11.9 Å². The average Bonchev–Trinajstić information content (AvgIpc) is 3.11. The van der Waals surface area contributed by atoms with Crippen LogP contribution in [0.15, 0.2) is 54.6 Å². The Balaban J connectivity index is 1.99. The molecule has 0 fully saturated rings. The fraction of sp³-hybridized carbons (Fsp3) is 0.208. The van der Waals surface area contributed by atoms with Crippen LogP contribution in [-0.4, -0.2) is 29.3 Å². The number of carbonyl (C=O) groups excluding carboxylic acids is 3. The van der Waals surface area contributed by atoms with E-state index < -0.39 is 17.7 Å². The van der Waals surface area contributed by atoms with Gasteiger partial charge in [0.25, 0.3) is 11.7 Å². The second kappa shape index (κ2) is 9.22. The van der Waals surface area contributed by atoms with Crippen molar-refractivity contribution in [1.82, 2.24) is 4.98 Å². The number of amides is 1. The molecular weight excluding hydrogens is 380 g/mol. The van der Waals surface area contributed by atoms with Crippen molar-refractivity contribution < 1.29 is 19.1 Å². The quantitative estimate of drug-likeness (QED) is 0.343. The van der Waals surface area contributed by atoms with Crippen LogP contribution in [0.2, 0.25) is 0 Å². The Labute approximate surface area is 175 Å². The number of ketones is 1. The van der Waals surface area contributed by atoms with E-state index in [2.05, 4.69) is 10.3 Å². The van der Waals surface area contributed by atoms with Gasteiger partial charge in [-0.2, -0.15) is 0 Å². The third-order valence-electron chi connectivity index (χ3n) is 4.78. The van der Waals surface area contributed by atoms with Crippen molar-refractivity contribution in [3.05, 3.63) is 77.1 Å². The molecule has 0 unspecified atom stereocenters. The molecule has 30 heavy (non-hydrogen) atoms. The van der Waals surface area contributed by atoms with Crippen LogP contribution in [0.4, 0.5) is 5.69 Å². The van der Waals surface area contributed by atoms with Crippen LogP contribution in [0.3, 0.4) is 0 Å². The zero-order chi connectivity index (χ0) is 21.7. The Bertz CT molecular complexity index is 1070. The van der Waals surface area contributed by atoms with Crippen molar-refractivity contribution >= 4 is 23.3 Å². The monoisotopic (exact) mass is 404 g/mol. The van der Waals surface area contributed by atoms with E-state index >= 15 is 0 Å². The standard InChI is InChI=1S/C24H24N2O4/c1-4-16-11-13-18(14-12-16)26-23(28)22(27)21-20(17-9-7-6-8-10-17)19(15(3)25-21)24(29)30-5-2/h6-14,25H,4-5H2,1-3H3,(H,26,28). The third-order valence-corrected chi connectivity index (χ3v) is 4.78. The summed E-state index contributed by atoms with van der Waals surface area (Å²) in [5.41, 5.74) is 3.46. The number of ether oxygens (including phenoxy) is 1. The molecule has 2 N–H and O–H groups in total. The second-order valence-corrected chi connectivity index (χ2v) is 6.80. The predicted molar refractivity (Wildman–Crippen MR) is 116 cm³/mol. The van der Waals surface area contributed by atoms with E-state index in [1.54, 1.807) is 50.2 Å². The van der Waals surface area contributed by atoms with Crippen LogP contribution in [0, 0.1) is 6.92 Å². The molecule has 0 radical (unpaired) electrons. The maximum absolute atomic E-state index is 13.0. The van der Waals surface area contributed by atoms with Gasteiger partial charge in [0.1, 0.15) is 5.69 Å². The van der Waals surface area contributed by atoms with Crippen molar-refractivity contribution in [2.45, 2.75) is 27.2 Å². The van der Waals surface area contributed by atoms with Gasteiger partial charge in [-0.05, 0) is 43.5 Å². The van der Waals surface area contributed by atoms with Crippen molar-refractivity contribution in [2.24, 2.45) is 0 Å². The first-order valence-corrected chi connectivity index (χ1v) is 9.85. The number of aryl methyl sites for hydroxylation is 2. The largest absolute Gasteiger partial charge is 0.462 e. The van der Waals surface area contributed by atoms with Crippen LogP contribution in [0.25, 0.3) is 11.1 Å². The Morgan fingerprint density at radius 2 is 1.63 bits per heavy atom. The number of H-pyrrole nitrogens is 1. The summed E-state index contributed by atoms with van der Waals surface area (Å²) < 4.78 is 5.17. The highest BCUT2D eigenvalue weighted by atomic mass is 16.5. The molecule has 154 valence electrons. The molecule has 0 bridgehead atoms. The lowest BCUT2D eigenvalue weighted by Gasteiger charge is -2.08. The normalized spacial score (nSPS) is 10.5. The lowest BCUT2D eigenvalue weighted by molar-refractivity contribution is -0.112. The number of esters is 1. The molecule has 3 aromatic rings. The van der Waals surface area contributed by atoms with E-state index in [0.29, 0.717) is 22.5 Å². The number of anilines is 1. The molecule has 1 heterocycles. The molecule has 0 saturated heterocycles. The zero-order valence-corrected chi connectivity index (χ0v) is 17.2. The number of carbonyl (C=O) groups is 3. The highest BCUT2D eigenvalue weighted by Gasteiger charge is 2.29. The van der Waals surface area contributed by atoms with Crippen molar-refractivity contribution in [1.29, 1.82) is 0 Å². The lowest BCUT2D eigenvalue weighted by Crippen LogP contribution is -2.24. The highest BCUT2D eigenvalue weighted by Crippen LogP contribution is 2.31. The molecule has 1 aromatic heterocycles. The summed E-state index contributed by atoms with van der Waals surface area (Å²) in [6, 6.07) is 16.3. The fourth-order valence-corrected chi connectivity index (χ4v) is 3.27. The number of benzene rings is 2.